The van der Waals surface area contributed by atoms with Gasteiger partial charge < -0.3 is 15.4 Å². The molecule has 0 spiro atoms. The maximum atomic E-state index is 12.3. The Morgan fingerprint density at radius 3 is 2.41 bits per heavy atom. The van der Waals surface area contributed by atoms with Gasteiger partial charge in [-0.1, -0.05) is 38.8 Å². The predicted octanol–water partition coefficient (Wildman–Crippen LogP) is 4.81. The molecule has 0 unspecified atom stereocenters. The van der Waals surface area contributed by atoms with Crippen molar-refractivity contribution in [2.24, 2.45) is 0 Å². The van der Waals surface area contributed by atoms with Crippen molar-refractivity contribution in [1.29, 1.82) is 0 Å². The largest absolute Gasteiger partial charge is 0.483 e. The molecule has 1 saturated carbocycles. The summed E-state index contributed by atoms with van der Waals surface area (Å²) in [6.45, 7) is 6.14. The van der Waals surface area contributed by atoms with E-state index in [4.69, 9.17) is 4.74 Å². The van der Waals surface area contributed by atoms with Crippen LogP contribution in [0.4, 0.5) is 5.69 Å². The van der Waals surface area contributed by atoms with Crippen molar-refractivity contribution < 1.29 is 14.3 Å². The van der Waals surface area contributed by atoms with Gasteiger partial charge in [-0.05, 0) is 67.1 Å². The second-order valence-electron chi connectivity index (χ2n) is 8.07. The Bertz CT molecular complexity index is 853. The topological polar surface area (TPSA) is 67.4 Å². The summed E-state index contributed by atoms with van der Waals surface area (Å²) in [5, 5.41) is 5.89. The number of ether oxygens (including phenoxy) is 1. The van der Waals surface area contributed by atoms with Gasteiger partial charge in [0.15, 0.2) is 6.61 Å². The second kappa shape index (κ2) is 9.59. The maximum Gasteiger partial charge on any atom is 0.262 e. The van der Waals surface area contributed by atoms with Crippen LogP contribution in [0.25, 0.3) is 0 Å². The zero-order chi connectivity index (χ0) is 20.8. The van der Waals surface area contributed by atoms with E-state index in [0.717, 1.165) is 29.7 Å². The lowest BCUT2D eigenvalue weighted by atomic mass is 10.0. The van der Waals surface area contributed by atoms with Crippen LogP contribution < -0.4 is 15.4 Å². The standard InChI is InChI=1S/C24H30N2O3/c1-16(2)21-13-8-17(3)14-22(21)29-15-23(27)25-20-11-9-18(10-12-20)24(28)26-19-6-4-5-7-19/h8-14,16,19H,4-7,15H2,1-3H3,(H,25,27)(H,26,28). The molecule has 2 amide bonds. The van der Waals surface area contributed by atoms with Gasteiger partial charge in [0, 0.05) is 17.3 Å². The van der Waals surface area contributed by atoms with Crippen LogP contribution in [0.3, 0.4) is 0 Å². The van der Waals surface area contributed by atoms with E-state index >= 15 is 0 Å². The van der Waals surface area contributed by atoms with Gasteiger partial charge in [-0.2, -0.15) is 0 Å². The highest BCUT2D eigenvalue weighted by Gasteiger charge is 2.18. The molecule has 2 aromatic carbocycles. The van der Waals surface area contributed by atoms with E-state index in [-0.39, 0.29) is 24.5 Å². The normalized spacial score (nSPS) is 14.1. The molecular formula is C24H30N2O3. The van der Waals surface area contributed by atoms with E-state index in [1.807, 2.05) is 25.1 Å². The van der Waals surface area contributed by atoms with Crippen LogP contribution >= 0.6 is 0 Å². The maximum absolute atomic E-state index is 12.3. The first kappa shape index (κ1) is 20.9. The van der Waals surface area contributed by atoms with Crippen molar-refractivity contribution in [3.05, 3.63) is 59.2 Å². The van der Waals surface area contributed by atoms with Crippen molar-refractivity contribution in [2.75, 3.05) is 11.9 Å². The molecule has 0 bridgehead atoms. The summed E-state index contributed by atoms with van der Waals surface area (Å²) in [6, 6.07) is 13.3. The van der Waals surface area contributed by atoms with Gasteiger partial charge in [0.25, 0.3) is 11.8 Å². The average Bonchev–Trinajstić information content (AvgIpc) is 3.19. The van der Waals surface area contributed by atoms with Crippen molar-refractivity contribution in [3.8, 4) is 5.75 Å². The lowest BCUT2D eigenvalue weighted by Gasteiger charge is -2.15. The number of carbonyl (C=O) groups is 2. The summed E-state index contributed by atoms with van der Waals surface area (Å²) in [4.78, 5) is 24.6. The van der Waals surface area contributed by atoms with E-state index in [9.17, 15) is 9.59 Å². The first-order chi connectivity index (χ1) is 13.9. The number of rotatable bonds is 7. The summed E-state index contributed by atoms with van der Waals surface area (Å²) < 4.78 is 5.77. The van der Waals surface area contributed by atoms with Gasteiger partial charge in [-0.3, -0.25) is 9.59 Å². The van der Waals surface area contributed by atoms with Crippen LogP contribution in [0.15, 0.2) is 42.5 Å². The zero-order valence-corrected chi connectivity index (χ0v) is 17.5. The number of carbonyl (C=O) groups excluding carboxylic acids is 2. The summed E-state index contributed by atoms with van der Waals surface area (Å²) >= 11 is 0. The van der Waals surface area contributed by atoms with Crippen molar-refractivity contribution in [2.45, 2.75) is 58.4 Å². The van der Waals surface area contributed by atoms with E-state index < -0.39 is 0 Å². The van der Waals surface area contributed by atoms with E-state index in [0.29, 0.717) is 17.2 Å². The summed E-state index contributed by atoms with van der Waals surface area (Å²) in [5.74, 6) is 0.772. The zero-order valence-electron chi connectivity index (χ0n) is 17.5. The molecule has 0 saturated heterocycles. The first-order valence-electron chi connectivity index (χ1n) is 10.4. The minimum absolute atomic E-state index is 0.0567. The molecule has 29 heavy (non-hydrogen) atoms. The van der Waals surface area contributed by atoms with Gasteiger partial charge in [0.1, 0.15) is 5.75 Å². The minimum Gasteiger partial charge on any atom is -0.483 e. The summed E-state index contributed by atoms with van der Waals surface area (Å²) in [5.41, 5.74) is 3.43. The van der Waals surface area contributed by atoms with Crippen LogP contribution in [-0.4, -0.2) is 24.5 Å². The Balaban J connectivity index is 1.53. The van der Waals surface area contributed by atoms with Crippen molar-refractivity contribution in [1.82, 2.24) is 5.32 Å². The van der Waals surface area contributed by atoms with Crippen LogP contribution in [0.2, 0.25) is 0 Å². The Hall–Kier alpha value is -2.82. The molecule has 154 valence electrons. The van der Waals surface area contributed by atoms with Crippen LogP contribution in [0.5, 0.6) is 5.75 Å². The van der Waals surface area contributed by atoms with Gasteiger partial charge in [-0.25, -0.2) is 0 Å². The molecule has 5 nitrogen and oxygen atoms in total. The third-order valence-electron chi connectivity index (χ3n) is 5.27. The molecular weight excluding hydrogens is 364 g/mol. The monoisotopic (exact) mass is 394 g/mol. The molecule has 3 rings (SSSR count). The lowest BCUT2D eigenvalue weighted by Crippen LogP contribution is -2.32. The predicted molar refractivity (Wildman–Crippen MR) is 116 cm³/mol. The molecule has 5 heteroatoms. The van der Waals surface area contributed by atoms with Gasteiger partial charge in [0.05, 0.1) is 0 Å². The number of anilines is 1. The smallest absolute Gasteiger partial charge is 0.262 e. The number of amides is 2. The number of nitrogens with one attached hydrogen (secondary N) is 2. The Morgan fingerprint density at radius 1 is 1.07 bits per heavy atom. The molecule has 0 aromatic heterocycles. The van der Waals surface area contributed by atoms with Crippen molar-refractivity contribution in [3.63, 3.8) is 0 Å². The van der Waals surface area contributed by atoms with Gasteiger partial charge in [0.2, 0.25) is 0 Å². The molecule has 1 fully saturated rings. The molecule has 1 aliphatic rings. The SMILES string of the molecule is Cc1ccc(C(C)C)c(OCC(=O)Nc2ccc(C(=O)NC3CCCC3)cc2)c1. The molecule has 0 heterocycles. The molecule has 0 aliphatic heterocycles. The number of hydrogen-bond acceptors (Lipinski definition) is 3. The third kappa shape index (κ3) is 5.83. The molecule has 2 aromatic rings. The Kier molecular flexibility index (Phi) is 6.91. The molecule has 0 radical (unpaired) electrons. The van der Waals surface area contributed by atoms with E-state index in [2.05, 4.69) is 24.5 Å². The fraction of sp³-hybridized carbons (Fsp3) is 0.417. The number of hydrogen-bond donors (Lipinski definition) is 2. The second-order valence-corrected chi connectivity index (χ2v) is 8.07. The summed E-state index contributed by atoms with van der Waals surface area (Å²) in [7, 11) is 0. The van der Waals surface area contributed by atoms with E-state index in [1.54, 1.807) is 24.3 Å². The van der Waals surface area contributed by atoms with Crippen LogP contribution in [-0.2, 0) is 4.79 Å². The molecule has 2 N–H and O–H groups in total. The van der Waals surface area contributed by atoms with Gasteiger partial charge in [-0.15, -0.1) is 0 Å². The van der Waals surface area contributed by atoms with E-state index in [1.165, 1.54) is 12.8 Å². The average molecular weight is 395 g/mol. The molecule has 0 atom stereocenters. The third-order valence-corrected chi connectivity index (χ3v) is 5.27. The quantitative estimate of drug-likeness (QED) is 0.708. The fourth-order valence-electron chi connectivity index (χ4n) is 3.63. The molecule has 1 aliphatic carbocycles. The number of benzene rings is 2. The van der Waals surface area contributed by atoms with Crippen LogP contribution in [0, 0.1) is 6.92 Å². The van der Waals surface area contributed by atoms with Crippen LogP contribution in [0.1, 0.15) is 66.9 Å². The van der Waals surface area contributed by atoms with Gasteiger partial charge >= 0.3 is 0 Å². The summed E-state index contributed by atoms with van der Waals surface area (Å²) in [6.07, 6.45) is 4.47. The fourth-order valence-corrected chi connectivity index (χ4v) is 3.63. The Labute approximate surface area is 172 Å². The Morgan fingerprint density at radius 2 is 1.76 bits per heavy atom. The highest BCUT2D eigenvalue weighted by molar-refractivity contribution is 5.96. The number of aryl methyl sites for hydroxylation is 1. The lowest BCUT2D eigenvalue weighted by molar-refractivity contribution is -0.118. The highest BCUT2D eigenvalue weighted by Crippen LogP contribution is 2.27. The first-order valence-corrected chi connectivity index (χ1v) is 10.4. The van der Waals surface area contributed by atoms with Crippen molar-refractivity contribution >= 4 is 17.5 Å². The minimum atomic E-state index is -0.232. The highest BCUT2D eigenvalue weighted by atomic mass is 16.5.